The third-order valence-corrected chi connectivity index (χ3v) is 3.14. The Morgan fingerprint density at radius 3 is 2.08 bits per heavy atom. The Labute approximate surface area is 95.4 Å². The van der Waals surface area contributed by atoms with Crippen molar-refractivity contribution in [2.75, 3.05) is 0 Å². The molecule has 1 aromatic rings. The lowest BCUT2D eigenvalue weighted by Gasteiger charge is -2.21. The number of aromatic hydroxyl groups is 1. The van der Waals surface area contributed by atoms with Gasteiger partial charge in [-0.25, -0.2) is 0 Å². The Balaban J connectivity index is 3.32. The van der Waals surface area contributed by atoms with Gasteiger partial charge in [-0.3, -0.25) is 0 Å². The molecule has 0 saturated heterocycles. The minimum Gasteiger partial charge on any atom is -0.507 e. The molecule has 0 fully saturated rings. The average Bonchev–Trinajstić information content (AvgIpc) is 1.94. The monoisotopic (exact) mass is 306 g/mol. The fourth-order valence-corrected chi connectivity index (χ4v) is 2.70. The number of phenols is 1. The lowest BCUT2D eigenvalue weighted by Crippen LogP contribution is -2.11. The van der Waals surface area contributed by atoms with Gasteiger partial charge in [0.15, 0.2) is 0 Å². The van der Waals surface area contributed by atoms with Crippen LogP contribution < -0.4 is 0 Å². The molecule has 1 aromatic carbocycles. The largest absolute Gasteiger partial charge is 0.507 e. The average molecular weight is 308 g/mol. The van der Waals surface area contributed by atoms with Crippen molar-refractivity contribution < 1.29 is 5.11 Å². The molecule has 0 saturated carbocycles. The quantitative estimate of drug-likeness (QED) is 0.761. The summed E-state index contributed by atoms with van der Waals surface area (Å²) < 4.78 is 1.73. The van der Waals surface area contributed by atoms with Gasteiger partial charge in [0.1, 0.15) is 5.75 Å². The van der Waals surface area contributed by atoms with E-state index in [4.69, 9.17) is 0 Å². The van der Waals surface area contributed by atoms with Gasteiger partial charge >= 0.3 is 0 Å². The summed E-state index contributed by atoms with van der Waals surface area (Å²) in [5, 5.41) is 9.52. The molecule has 0 aromatic heterocycles. The second-order valence-electron chi connectivity index (χ2n) is 4.03. The number of benzene rings is 1. The highest BCUT2D eigenvalue weighted by Gasteiger charge is 2.18. The lowest BCUT2D eigenvalue weighted by molar-refractivity contribution is 0.467. The molecule has 0 radical (unpaired) electrons. The maximum absolute atomic E-state index is 9.52. The number of halogens is 2. The molecule has 0 spiro atoms. The Hall–Kier alpha value is -0.0200. The summed E-state index contributed by atoms with van der Waals surface area (Å²) in [4.78, 5) is 0. The predicted molar refractivity (Wildman–Crippen MR) is 62.2 cm³/mol. The van der Waals surface area contributed by atoms with E-state index in [0.29, 0.717) is 4.47 Å². The Morgan fingerprint density at radius 1 is 1.08 bits per heavy atom. The van der Waals surface area contributed by atoms with Crippen LogP contribution in [0.1, 0.15) is 26.3 Å². The highest BCUT2D eigenvalue weighted by atomic mass is 79.9. The number of hydrogen-bond acceptors (Lipinski definition) is 1. The molecule has 72 valence electrons. The van der Waals surface area contributed by atoms with Gasteiger partial charge in [-0.2, -0.15) is 0 Å². The van der Waals surface area contributed by atoms with Crippen LogP contribution in [-0.4, -0.2) is 5.11 Å². The summed E-state index contributed by atoms with van der Waals surface area (Å²) >= 11 is 6.74. The first kappa shape index (κ1) is 11.1. The summed E-state index contributed by atoms with van der Waals surface area (Å²) in [5.74, 6) is 0.285. The van der Waals surface area contributed by atoms with Gasteiger partial charge in [0.05, 0.1) is 4.47 Å². The second kappa shape index (κ2) is 3.62. The molecular formula is C10H12Br2O. The normalized spacial score (nSPS) is 11.8. The fourth-order valence-electron chi connectivity index (χ4n) is 1.11. The minimum absolute atomic E-state index is 0.0387. The lowest BCUT2D eigenvalue weighted by atomic mass is 9.87. The van der Waals surface area contributed by atoms with E-state index in [9.17, 15) is 5.11 Å². The van der Waals surface area contributed by atoms with E-state index in [0.717, 1.165) is 10.0 Å². The van der Waals surface area contributed by atoms with Crippen molar-refractivity contribution >= 4 is 31.9 Å². The summed E-state index contributed by atoms with van der Waals surface area (Å²) in [5.41, 5.74) is 1.14. The molecule has 0 aliphatic carbocycles. The van der Waals surface area contributed by atoms with E-state index in [1.54, 1.807) is 6.07 Å². The van der Waals surface area contributed by atoms with E-state index < -0.39 is 0 Å². The van der Waals surface area contributed by atoms with Crippen molar-refractivity contribution in [2.45, 2.75) is 26.2 Å². The van der Waals surface area contributed by atoms with Crippen LogP contribution in [0.25, 0.3) is 0 Å². The van der Waals surface area contributed by atoms with Gasteiger partial charge in [0, 0.05) is 4.47 Å². The van der Waals surface area contributed by atoms with Crippen LogP contribution in [0, 0.1) is 0 Å². The van der Waals surface area contributed by atoms with Gasteiger partial charge in [-0.15, -0.1) is 0 Å². The molecule has 0 amide bonds. The van der Waals surface area contributed by atoms with Gasteiger partial charge in [-0.1, -0.05) is 36.7 Å². The van der Waals surface area contributed by atoms with E-state index in [1.807, 2.05) is 6.07 Å². The molecule has 1 N–H and O–H groups in total. The fraction of sp³-hybridized carbons (Fsp3) is 0.400. The highest BCUT2D eigenvalue weighted by molar-refractivity contribution is 9.11. The SMILES string of the molecule is CC(C)(C)c1cc(O)c(Br)cc1Br. The van der Waals surface area contributed by atoms with Crippen LogP contribution in [-0.2, 0) is 5.41 Å². The van der Waals surface area contributed by atoms with Gasteiger partial charge in [0.25, 0.3) is 0 Å². The van der Waals surface area contributed by atoms with E-state index >= 15 is 0 Å². The summed E-state index contributed by atoms with van der Waals surface area (Å²) in [6.07, 6.45) is 0. The molecular weight excluding hydrogens is 296 g/mol. The third-order valence-electron chi connectivity index (χ3n) is 1.84. The molecule has 1 nitrogen and oxygen atoms in total. The molecule has 13 heavy (non-hydrogen) atoms. The molecule has 3 heteroatoms. The summed E-state index contributed by atoms with van der Waals surface area (Å²) in [6.45, 7) is 6.33. The zero-order valence-electron chi connectivity index (χ0n) is 7.86. The maximum atomic E-state index is 9.52. The minimum atomic E-state index is 0.0387. The zero-order chi connectivity index (χ0) is 10.2. The maximum Gasteiger partial charge on any atom is 0.130 e. The number of hydrogen-bond donors (Lipinski definition) is 1. The molecule has 0 aliphatic heterocycles. The standard InChI is InChI=1S/C10H12Br2O/c1-10(2,3)6-4-9(13)8(12)5-7(6)11/h4-5,13H,1-3H3. The van der Waals surface area contributed by atoms with Crippen molar-refractivity contribution in [1.29, 1.82) is 0 Å². The van der Waals surface area contributed by atoms with Crippen LogP contribution in [0.4, 0.5) is 0 Å². The van der Waals surface area contributed by atoms with Crippen molar-refractivity contribution in [3.8, 4) is 5.75 Å². The Kier molecular flexibility index (Phi) is 3.08. The first-order chi connectivity index (χ1) is 5.82. The summed E-state index contributed by atoms with van der Waals surface area (Å²) in [6, 6.07) is 3.66. The highest BCUT2D eigenvalue weighted by Crippen LogP contribution is 2.36. The first-order valence-electron chi connectivity index (χ1n) is 4.01. The van der Waals surface area contributed by atoms with Crippen molar-refractivity contribution in [3.05, 3.63) is 26.6 Å². The van der Waals surface area contributed by atoms with E-state index in [1.165, 1.54) is 0 Å². The first-order valence-corrected chi connectivity index (χ1v) is 5.59. The second-order valence-corrected chi connectivity index (χ2v) is 5.74. The molecule has 0 unspecified atom stereocenters. The number of phenolic OH excluding ortho intramolecular Hbond substituents is 1. The molecule has 0 atom stereocenters. The van der Waals surface area contributed by atoms with Gasteiger partial charge in [-0.05, 0) is 39.0 Å². The molecule has 0 aliphatic rings. The third kappa shape index (κ3) is 2.47. The van der Waals surface area contributed by atoms with E-state index in [2.05, 4.69) is 52.6 Å². The van der Waals surface area contributed by atoms with Gasteiger partial charge < -0.3 is 5.11 Å². The predicted octanol–water partition coefficient (Wildman–Crippen LogP) is 4.21. The van der Waals surface area contributed by atoms with Crippen LogP contribution in [0.15, 0.2) is 21.1 Å². The van der Waals surface area contributed by atoms with Crippen LogP contribution in [0.5, 0.6) is 5.75 Å². The van der Waals surface area contributed by atoms with Crippen molar-refractivity contribution in [1.82, 2.24) is 0 Å². The molecule has 0 bridgehead atoms. The molecule has 0 heterocycles. The molecule has 1 rings (SSSR count). The van der Waals surface area contributed by atoms with Crippen molar-refractivity contribution in [3.63, 3.8) is 0 Å². The smallest absolute Gasteiger partial charge is 0.130 e. The zero-order valence-corrected chi connectivity index (χ0v) is 11.0. The van der Waals surface area contributed by atoms with Crippen molar-refractivity contribution in [2.24, 2.45) is 0 Å². The van der Waals surface area contributed by atoms with Crippen LogP contribution >= 0.6 is 31.9 Å². The Morgan fingerprint density at radius 2 is 1.62 bits per heavy atom. The van der Waals surface area contributed by atoms with Gasteiger partial charge in [0.2, 0.25) is 0 Å². The van der Waals surface area contributed by atoms with Crippen LogP contribution in [0.3, 0.4) is 0 Å². The Bertz CT molecular complexity index is 326. The number of rotatable bonds is 0. The van der Waals surface area contributed by atoms with Crippen LogP contribution in [0.2, 0.25) is 0 Å². The topological polar surface area (TPSA) is 20.2 Å². The van der Waals surface area contributed by atoms with E-state index in [-0.39, 0.29) is 11.2 Å². The summed E-state index contributed by atoms with van der Waals surface area (Å²) in [7, 11) is 0.